The Morgan fingerprint density at radius 3 is 2.77 bits per heavy atom. The highest BCUT2D eigenvalue weighted by Gasteiger charge is 2.17. The number of hydroxylamine groups is 1. The molecule has 0 aromatic carbocycles. The van der Waals surface area contributed by atoms with E-state index in [1.165, 1.54) is 5.01 Å². The van der Waals surface area contributed by atoms with Gasteiger partial charge in [0.05, 0.1) is 0 Å². The molecular weight excluding hydrogens is 190 g/mol. The molecule has 0 bridgehead atoms. The largest absolute Gasteiger partial charge is 0.308 e. The molecule has 1 rings (SSSR count). The molecule has 1 aliphatic rings. The van der Waals surface area contributed by atoms with E-state index in [-0.39, 0.29) is 0 Å². The van der Waals surface area contributed by atoms with Crippen molar-refractivity contribution in [3.05, 3.63) is 0 Å². The summed E-state index contributed by atoms with van der Waals surface area (Å²) in [5.41, 5.74) is 2.13. The van der Waals surface area contributed by atoms with Gasteiger partial charge in [-0.1, -0.05) is 0 Å². The topological polar surface area (TPSA) is 66.1 Å². The van der Waals surface area contributed by atoms with Crippen LogP contribution in [0.4, 0.5) is 0 Å². The van der Waals surface area contributed by atoms with Crippen molar-refractivity contribution in [3.8, 4) is 0 Å². The fourth-order valence-electron chi connectivity index (χ4n) is 0.809. The van der Waals surface area contributed by atoms with Gasteiger partial charge in [-0.3, -0.25) is 5.01 Å². The highest BCUT2D eigenvalue weighted by Crippen LogP contribution is 2.04. The molecule has 0 spiro atoms. The normalized spacial score (nSPS) is 21.6. The molecule has 0 fully saturated rings. The van der Waals surface area contributed by atoms with E-state index in [0.717, 1.165) is 6.54 Å². The molecule has 0 saturated heterocycles. The van der Waals surface area contributed by atoms with Crippen LogP contribution in [0.1, 0.15) is 0 Å². The van der Waals surface area contributed by atoms with Crippen LogP contribution in [0.15, 0.2) is 4.99 Å². The zero-order chi connectivity index (χ0) is 9.84. The quantitative estimate of drug-likeness (QED) is 0.308. The van der Waals surface area contributed by atoms with Gasteiger partial charge < -0.3 is 4.90 Å². The highest BCUT2D eigenvalue weighted by atomic mass is 32.1. The number of nitrogens with one attached hydrogen (secondary N) is 1. The lowest BCUT2D eigenvalue weighted by Gasteiger charge is -2.19. The van der Waals surface area contributed by atoms with Crippen LogP contribution in [0.25, 0.3) is 0 Å². The maximum Gasteiger partial charge on any atom is 0.236 e. The van der Waals surface area contributed by atoms with Gasteiger partial charge in [-0.15, -0.1) is 12.6 Å². The van der Waals surface area contributed by atoms with Crippen LogP contribution in [0.2, 0.25) is 0 Å². The van der Waals surface area contributed by atoms with Gasteiger partial charge in [0.15, 0.2) is 0 Å². The first-order chi connectivity index (χ1) is 6.09. The lowest BCUT2D eigenvalue weighted by Crippen LogP contribution is -2.46. The van der Waals surface area contributed by atoms with Gasteiger partial charge in [0.2, 0.25) is 11.5 Å². The zero-order valence-electron chi connectivity index (χ0n) is 7.77. The average Bonchev–Trinajstić information content (AvgIpc) is 2.47. The van der Waals surface area contributed by atoms with Crippen LogP contribution in [0.5, 0.6) is 0 Å². The van der Waals surface area contributed by atoms with Crippen molar-refractivity contribution in [2.75, 3.05) is 27.2 Å². The van der Waals surface area contributed by atoms with Crippen molar-refractivity contribution in [1.29, 1.82) is 0 Å². The first-order valence-electron chi connectivity index (χ1n) is 3.94. The van der Waals surface area contributed by atoms with Gasteiger partial charge in [-0.2, -0.15) is 0 Å². The molecule has 0 aliphatic carbocycles. The van der Waals surface area contributed by atoms with E-state index in [1.807, 2.05) is 19.0 Å². The molecule has 76 valence electrons. The third kappa shape index (κ3) is 3.39. The number of guanidine groups is 1. The number of hydrazine groups is 1. The molecule has 0 radical (unpaired) electrons. The van der Waals surface area contributed by atoms with E-state index in [1.54, 1.807) is 0 Å². The minimum atomic E-state index is -0.458. The lowest BCUT2D eigenvalue weighted by molar-refractivity contribution is 0.0880. The van der Waals surface area contributed by atoms with Gasteiger partial charge >= 0.3 is 0 Å². The summed E-state index contributed by atoms with van der Waals surface area (Å²) in [6, 6.07) is 0. The average molecular weight is 205 g/mol. The number of thiol groups is 1. The smallest absolute Gasteiger partial charge is 0.236 e. The fourth-order valence-corrected chi connectivity index (χ4v) is 0.971. The van der Waals surface area contributed by atoms with Gasteiger partial charge in [0.25, 0.3) is 0 Å². The third-order valence-corrected chi connectivity index (χ3v) is 1.77. The molecule has 1 heterocycles. The molecule has 0 aromatic heterocycles. The van der Waals surface area contributed by atoms with Gasteiger partial charge in [0.1, 0.15) is 0 Å². The predicted molar refractivity (Wildman–Crippen MR) is 53.9 cm³/mol. The van der Waals surface area contributed by atoms with Crippen molar-refractivity contribution >= 4 is 18.6 Å². The molecule has 0 aromatic rings. The maximum atomic E-state index is 5.69. The zero-order valence-corrected chi connectivity index (χ0v) is 8.66. The van der Waals surface area contributed by atoms with Crippen LogP contribution >= 0.6 is 12.6 Å². The second kappa shape index (κ2) is 4.66. The maximum absolute atomic E-state index is 5.69. The van der Waals surface area contributed by atoms with Crippen molar-refractivity contribution in [3.63, 3.8) is 0 Å². The number of aliphatic imine (C=N–C) groups is 1. The van der Waals surface area contributed by atoms with E-state index in [0.29, 0.717) is 12.5 Å². The molecule has 1 atom stereocenters. The summed E-state index contributed by atoms with van der Waals surface area (Å²) in [6.45, 7) is 1.54. The van der Waals surface area contributed by atoms with Crippen LogP contribution in [-0.2, 0) is 4.84 Å². The van der Waals surface area contributed by atoms with E-state index >= 15 is 0 Å². The molecule has 13 heavy (non-hydrogen) atoms. The van der Waals surface area contributed by atoms with Gasteiger partial charge in [0, 0.05) is 13.1 Å². The SMILES string of the molecule is CN(C)CCN(N)C1=NC(S)ON1. The summed E-state index contributed by atoms with van der Waals surface area (Å²) in [5.74, 6) is 6.20. The Balaban J connectivity index is 2.31. The monoisotopic (exact) mass is 205 g/mol. The lowest BCUT2D eigenvalue weighted by atomic mass is 10.5. The molecular formula is C6H15N5OS. The number of rotatable bonds is 3. The molecule has 0 saturated carbocycles. The molecule has 1 aliphatic heterocycles. The summed E-state index contributed by atoms with van der Waals surface area (Å²) in [4.78, 5) is 10.9. The predicted octanol–water partition coefficient (Wildman–Crippen LogP) is -1.17. The number of nitrogens with two attached hydrogens (primary N) is 1. The molecule has 7 heteroatoms. The van der Waals surface area contributed by atoms with Crippen molar-refractivity contribution < 1.29 is 4.84 Å². The summed E-state index contributed by atoms with van der Waals surface area (Å²) < 4.78 is 0. The third-order valence-electron chi connectivity index (χ3n) is 1.55. The van der Waals surface area contributed by atoms with Crippen LogP contribution < -0.4 is 11.3 Å². The summed E-state index contributed by atoms with van der Waals surface area (Å²) in [6.07, 6.45) is 0. The number of hydrogen-bond acceptors (Lipinski definition) is 7. The Bertz CT molecular complexity index is 197. The number of likely N-dealkylation sites (N-methyl/N-ethyl adjacent to an activating group) is 1. The standard InChI is InChI=1S/C6H15N5OS/c1-10(2)3-4-11(7)5-8-6(13)12-9-5/h6,13H,3-4,7H2,1-2H3,(H,8,9). The molecule has 0 amide bonds. The highest BCUT2D eigenvalue weighted by molar-refractivity contribution is 7.80. The Hall–Kier alpha value is -0.500. The summed E-state index contributed by atoms with van der Waals surface area (Å²) in [5, 5.41) is 1.50. The van der Waals surface area contributed by atoms with Crippen molar-refractivity contribution in [2.45, 2.75) is 5.56 Å². The van der Waals surface area contributed by atoms with E-state index in [9.17, 15) is 0 Å². The van der Waals surface area contributed by atoms with Gasteiger partial charge in [-0.05, 0) is 14.1 Å². The van der Waals surface area contributed by atoms with Crippen LogP contribution in [-0.4, -0.2) is 48.6 Å². The first-order valence-corrected chi connectivity index (χ1v) is 4.45. The summed E-state index contributed by atoms with van der Waals surface area (Å²) >= 11 is 3.99. The van der Waals surface area contributed by atoms with E-state index in [2.05, 4.69) is 23.1 Å². The Morgan fingerprint density at radius 1 is 1.62 bits per heavy atom. The van der Waals surface area contributed by atoms with Gasteiger partial charge in [-0.25, -0.2) is 21.2 Å². The summed E-state index contributed by atoms with van der Waals surface area (Å²) in [7, 11) is 3.96. The van der Waals surface area contributed by atoms with Crippen LogP contribution in [0, 0.1) is 0 Å². The fraction of sp³-hybridized carbons (Fsp3) is 0.833. The number of nitrogens with zero attached hydrogens (tertiary/aromatic N) is 3. The van der Waals surface area contributed by atoms with E-state index < -0.39 is 5.56 Å². The molecule has 3 N–H and O–H groups in total. The molecule has 6 nitrogen and oxygen atoms in total. The minimum absolute atomic E-state index is 0.458. The second-order valence-corrected chi connectivity index (χ2v) is 3.44. The van der Waals surface area contributed by atoms with Crippen molar-refractivity contribution in [2.24, 2.45) is 10.8 Å². The Labute approximate surface area is 83.1 Å². The van der Waals surface area contributed by atoms with Crippen LogP contribution in [0.3, 0.4) is 0 Å². The second-order valence-electron chi connectivity index (χ2n) is 3.00. The van der Waals surface area contributed by atoms with E-state index in [4.69, 9.17) is 10.7 Å². The Kier molecular flexibility index (Phi) is 3.79. The first kappa shape index (κ1) is 10.6. The number of hydrogen-bond donors (Lipinski definition) is 3. The minimum Gasteiger partial charge on any atom is -0.308 e. The Morgan fingerprint density at radius 2 is 2.31 bits per heavy atom. The van der Waals surface area contributed by atoms with Crippen molar-refractivity contribution in [1.82, 2.24) is 15.4 Å². The molecule has 1 unspecified atom stereocenters.